The zero-order chi connectivity index (χ0) is 86.2. The third kappa shape index (κ3) is 25.7. The van der Waals surface area contributed by atoms with Crippen LogP contribution in [0.15, 0.2) is 119 Å². The highest BCUT2D eigenvalue weighted by atomic mass is 19.4. The predicted octanol–water partition coefficient (Wildman–Crippen LogP) is 14.0. The molecule has 28 heteroatoms. The molecular weight excluding hydrogens is 1560 g/mol. The van der Waals surface area contributed by atoms with Crippen molar-refractivity contribution in [2.45, 2.75) is 224 Å². The van der Waals surface area contributed by atoms with Crippen molar-refractivity contribution in [1.29, 1.82) is 0 Å². The lowest BCUT2D eigenvalue weighted by molar-refractivity contribution is -0.192. The molecule has 5 amide bonds. The maximum absolute atomic E-state index is 14.5. The van der Waals surface area contributed by atoms with Crippen LogP contribution in [0.3, 0.4) is 0 Å². The minimum atomic E-state index is -5.08. The summed E-state index contributed by atoms with van der Waals surface area (Å²) in [6.45, 7) is 19.1. The van der Waals surface area contributed by atoms with Crippen LogP contribution >= 0.6 is 0 Å². The normalized spacial score (nSPS) is 18.0. The maximum Gasteiger partial charge on any atom is 0.490 e. The van der Waals surface area contributed by atoms with Gasteiger partial charge in [-0.1, -0.05) is 119 Å². The number of halogens is 3. The number of fused-ring (bicyclic) bond motifs is 4. The zero-order valence-electron chi connectivity index (χ0n) is 72.2. The second-order valence-electron chi connectivity index (χ2n) is 34.8. The molecule has 660 valence electrons. The quantitative estimate of drug-likeness (QED) is 0.0159. The molecule has 10 heterocycles. The van der Waals surface area contributed by atoms with Gasteiger partial charge in [0.2, 0.25) is 17.7 Å². The Morgan fingerprint density at radius 1 is 0.557 bits per heavy atom. The molecule has 5 N–H and O–H groups in total. The number of hydrogen-bond acceptors (Lipinski definition) is 15. The number of likely N-dealkylation sites (tertiary alicyclic amines) is 4. The number of alkyl halides is 3. The minimum Gasteiger partial charge on any atom is -0.475 e. The van der Waals surface area contributed by atoms with E-state index >= 15 is 0 Å². The number of rotatable bonds is 30. The van der Waals surface area contributed by atoms with Crippen molar-refractivity contribution in [3.05, 3.63) is 164 Å². The van der Waals surface area contributed by atoms with Gasteiger partial charge in [0.05, 0.1) is 23.1 Å². The average Bonchev–Trinajstić information content (AvgIpc) is 1.68. The molecule has 25 nitrogen and oxygen atoms in total. The van der Waals surface area contributed by atoms with Crippen molar-refractivity contribution in [1.82, 2.24) is 74.5 Å². The lowest BCUT2D eigenvalue weighted by Crippen LogP contribution is -2.59. The van der Waals surface area contributed by atoms with Crippen LogP contribution in [0.1, 0.15) is 200 Å². The number of nitrogens with one attached hydrogen (secondary N) is 4. The largest absolute Gasteiger partial charge is 0.490 e. The number of allylic oxidation sites excluding steroid dienone is 2. The Hall–Kier alpha value is -9.77. The second kappa shape index (κ2) is 44.5. The van der Waals surface area contributed by atoms with Crippen LogP contribution in [0, 0.1) is 19.8 Å². The van der Waals surface area contributed by atoms with Gasteiger partial charge in [0.25, 0.3) is 11.1 Å². The number of nitrogens with zero attached hydrogens (tertiary/aromatic N) is 11. The molecule has 4 aromatic carbocycles. The van der Waals surface area contributed by atoms with Crippen molar-refractivity contribution in [2.75, 3.05) is 119 Å². The zero-order valence-corrected chi connectivity index (χ0v) is 72.2. The summed E-state index contributed by atoms with van der Waals surface area (Å²) in [5, 5.41) is 26.3. The van der Waals surface area contributed by atoms with Gasteiger partial charge in [0.1, 0.15) is 6.04 Å². The number of carboxylic acid groups (broad SMARTS) is 1. The molecule has 0 aliphatic carbocycles. The van der Waals surface area contributed by atoms with Crippen LogP contribution in [0.4, 0.5) is 18.0 Å². The number of H-pyrrole nitrogens is 3. The number of unbranched alkanes of at least 4 members (excludes halogenated alkanes) is 11. The van der Waals surface area contributed by atoms with Gasteiger partial charge in [-0.3, -0.25) is 43.7 Å². The van der Waals surface area contributed by atoms with Gasteiger partial charge in [-0.2, -0.15) is 23.4 Å². The molecule has 2 atom stereocenters. The number of benzene rings is 4. The first kappa shape index (κ1) is 91.4. The van der Waals surface area contributed by atoms with Crippen molar-refractivity contribution >= 4 is 79.3 Å². The van der Waals surface area contributed by atoms with Gasteiger partial charge in [-0.05, 0) is 225 Å². The number of urea groups is 1. The topological polar surface area (TPSA) is 282 Å². The lowest BCUT2D eigenvalue weighted by Gasteiger charge is -2.43. The molecule has 0 saturated carbocycles. The highest BCUT2D eigenvalue weighted by Gasteiger charge is 2.40. The molecule has 6 aliphatic rings. The van der Waals surface area contributed by atoms with Crippen molar-refractivity contribution in [3.8, 4) is 0 Å². The van der Waals surface area contributed by atoms with E-state index in [1.165, 1.54) is 70.6 Å². The van der Waals surface area contributed by atoms with E-state index in [0.29, 0.717) is 96.5 Å². The van der Waals surface area contributed by atoms with Gasteiger partial charge in [-0.25, -0.2) is 14.3 Å². The van der Waals surface area contributed by atoms with Gasteiger partial charge in [-0.15, -0.1) is 0 Å². The van der Waals surface area contributed by atoms with E-state index in [1.54, 1.807) is 9.58 Å². The van der Waals surface area contributed by atoms with E-state index in [2.05, 4.69) is 103 Å². The summed E-state index contributed by atoms with van der Waals surface area (Å²) in [6, 6.07) is 28.1. The van der Waals surface area contributed by atoms with Gasteiger partial charge in [0.15, 0.2) is 6.73 Å². The molecule has 6 fully saturated rings. The number of pyridine rings is 2. The van der Waals surface area contributed by atoms with E-state index in [0.717, 1.165) is 181 Å². The monoisotopic (exact) mass is 1680 g/mol. The van der Waals surface area contributed by atoms with Crippen molar-refractivity contribution < 1.29 is 51.8 Å². The Morgan fingerprint density at radius 3 is 1.58 bits per heavy atom. The molecule has 14 rings (SSSR count). The fourth-order valence-electron chi connectivity index (χ4n) is 18.7. The summed E-state index contributed by atoms with van der Waals surface area (Å²) in [5.41, 5.74) is 8.95. The number of carboxylic acids is 1. The Bertz CT molecular complexity index is 4940. The lowest BCUT2D eigenvalue weighted by atomic mass is 9.88. The average molecular weight is 1690 g/mol. The first-order valence-electron chi connectivity index (χ1n) is 44.9. The van der Waals surface area contributed by atoms with Crippen molar-refractivity contribution in [2.24, 2.45) is 5.92 Å². The highest BCUT2D eigenvalue weighted by Crippen LogP contribution is 2.33. The Labute approximate surface area is 714 Å². The number of aryl methyl sites for hydroxylation is 2. The number of esters is 1. The Morgan fingerprint density at radius 2 is 1.04 bits per heavy atom. The van der Waals surface area contributed by atoms with Crippen LogP contribution in [-0.2, 0) is 48.3 Å². The van der Waals surface area contributed by atoms with Gasteiger partial charge >= 0.3 is 24.1 Å². The van der Waals surface area contributed by atoms with Crippen LogP contribution in [-0.4, -0.2) is 253 Å². The number of aliphatic carboxylic acids is 1. The number of aromatic nitrogens is 6. The van der Waals surface area contributed by atoms with E-state index in [9.17, 15) is 46.7 Å². The molecule has 6 aliphatic heterocycles. The maximum atomic E-state index is 14.5. The second-order valence-corrected chi connectivity index (χ2v) is 34.8. The molecule has 0 radical (unpaired) electrons. The molecule has 6 saturated heterocycles. The smallest absolute Gasteiger partial charge is 0.475 e. The number of para-hydroxylation sites is 2. The van der Waals surface area contributed by atoms with E-state index in [1.807, 2.05) is 101 Å². The molecule has 0 spiro atoms. The Kier molecular flexibility index (Phi) is 33.4. The van der Waals surface area contributed by atoms with Crippen LogP contribution in [0.2, 0.25) is 0 Å². The molecule has 8 aromatic rings. The van der Waals surface area contributed by atoms with Gasteiger partial charge < -0.3 is 54.5 Å². The number of ether oxygens (including phenoxy) is 1. The first-order valence-corrected chi connectivity index (χ1v) is 44.9. The number of carbonyl (C=O) groups is 6. The Balaban J connectivity index is 0.000000218. The molecular formula is C94H128F3N15O10. The van der Waals surface area contributed by atoms with Crippen molar-refractivity contribution in [3.63, 3.8) is 0 Å². The van der Waals surface area contributed by atoms with E-state index in [4.69, 9.17) is 19.7 Å². The summed E-state index contributed by atoms with van der Waals surface area (Å²) in [6.07, 6.45) is 28.0. The summed E-state index contributed by atoms with van der Waals surface area (Å²) >= 11 is 0. The molecule has 122 heavy (non-hydrogen) atoms. The minimum absolute atomic E-state index is 0.0280. The summed E-state index contributed by atoms with van der Waals surface area (Å²) in [5.74, 6) is -3.20. The number of piperidine rings is 4. The molecule has 0 bridgehead atoms. The first-order chi connectivity index (χ1) is 58.9. The summed E-state index contributed by atoms with van der Waals surface area (Å²) in [7, 11) is 4.37. The van der Waals surface area contributed by atoms with Gasteiger partial charge in [0, 0.05) is 149 Å². The standard InChI is InChI=1S/C55H80N8O5.C37H47N7O3.C2HF3O2/c1-4-5-6-7-8-9-10-11-12-13-14-15-16-17-18-23-51(64)68-41-63-40-46-37-43(36-42(2)52(46)58-63)38-50(54(66)61-34-32-60(33-35-61)47-26-28-59(3)29-27-47)57-55(67)62-30-24-44(25-31-62)48-39-45-21-19-20-22-49(45)56-53(48)65;1-25-19-26(21-30-24-38-40-35(25)30)20-29(37(47)44-17-15-42(16-18-44)31-9-11-41(2)12-10-31)23-34(45)43-13-7-27(8-14-43)32-22-28-5-3-4-6-33(28)39-36(32)46;3-2(4,5)1(6)7/h11-12,19-22,36-37,39-40,44,47,50H,4-10,13-18,23-35,38,41H2,1-3H3,(H,56,65)(H,57,67);3-6,19,21-22,24,27,29,31H,7-18,20,23H2,1-2H3,(H,38,40)(H,39,46);(H,6,7)/b12-11-;;/t50-;29-;/m10./s1. The highest BCUT2D eigenvalue weighted by molar-refractivity contribution is 5.90. The summed E-state index contributed by atoms with van der Waals surface area (Å²) < 4.78 is 39.1. The van der Waals surface area contributed by atoms with E-state index < -0.39 is 24.1 Å². The number of piperazine rings is 2. The summed E-state index contributed by atoms with van der Waals surface area (Å²) in [4.78, 5) is 128. The molecule has 0 unspecified atom stereocenters. The van der Waals surface area contributed by atoms with Crippen LogP contribution < -0.4 is 16.4 Å². The third-order valence-corrected chi connectivity index (χ3v) is 26.0. The van der Waals surface area contributed by atoms with Crippen LogP contribution in [0.25, 0.3) is 43.6 Å². The fraction of sp³-hybridized carbons (Fsp3) is 0.574. The SMILES string of the molecule is CCCCCCCC/C=C\CCCCCCCC(=O)OCn1cc2cc(C[C@@H](NC(=O)N3CCC(c4cc5ccccc5[nH]c4=O)CC3)C(=O)N3CCN(C4CCN(C)CC4)CC3)cc(C)c2n1.Cc1cc(C[C@@H](CC(=O)N2CCC(c3cc4ccccc4[nH]c3=O)CC2)C(=O)N2CCN(C3CCN(C)CC3)CC2)cc2cn[nH]c12.O=C(O)C(F)(F)F. The number of aromatic amines is 3. The number of hydrogen-bond donors (Lipinski definition) is 5. The predicted molar refractivity (Wildman–Crippen MR) is 471 cm³/mol. The third-order valence-electron chi connectivity index (χ3n) is 26.0. The number of carbonyl (C=O) groups excluding carboxylic acids is 5. The van der Waals surface area contributed by atoms with E-state index in [-0.39, 0.29) is 65.8 Å². The number of amides is 5. The molecule has 4 aromatic heterocycles. The van der Waals surface area contributed by atoms with Crippen LogP contribution in [0.5, 0.6) is 0 Å². The fourth-order valence-corrected chi connectivity index (χ4v) is 18.7.